The Morgan fingerprint density at radius 3 is 2.95 bits per heavy atom. The van der Waals surface area contributed by atoms with E-state index < -0.39 is 0 Å². The second-order valence-corrected chi connectivity index (χ2v) is 4.20. The molecule has 2 aromatic rings. The summed E-state index contributed by atoms with van der Waals surface area (Å²) in [5.41, 5.74) is 1.11. The Labute approximate surface area is 113 Å². The van der Waals surface area contributed by atoms with Crippen LogP contribution in [-0.4, -0.2) is 21.6 Å². The lowest BCUT2D eigenvalue weighted by molar-refractivity contribution is 0.304. The van der Waals surface area contributed by atoms with Crippen LogP contribution in [0.15, 0.2) is 30.6 Å². The molecule has 0 bridgehead atoms. The normalized spacial score (nSPS) is 10.2. The average molecular weight is 258 g/mol. The van der Waals surface area contributed by atoms with E-state index >= 15 is 0 Å². The molecular formula is C14H18N4O. The molecule has 0 spiro atoms. The van der Waals surface area contributed by atoms with E-state index in [9.17, 15) is 0 Å². The second kappa shape index (κ2) is 6.68. The lowest BCUT2D eigenvalue weighted by atomic mass is 10.3. The summed E-state index contributed by atoms with van der Waals surface area (Å²) in [6.07, 6.45) is 4.55. The minimum atomic E-state index is 0.614. The van der Waals surface area contributed by atoms with Gasteiger partial charge in [0.1, 0.15) is 11.6 Å². The number of anilines is 1. The van der Waals surface area contributed by atoms with Gasteiger partial charge >= 0.3 is 0 Å². The van der Waals surface area contributed by atoms with Crippen LogP contribution in [0.2, 0.25) is 0 Å². The van der Waals surface area contributed by atoms with E-state index in [2.05, 4.69) is 27.2 Å². The van der Waals surface area contributed by atoms with Crippen LogP contribution in [0, 0.1) is 6.92 Å². The molecule has 5 heteroatoms. The van der Waals surface area contributed by atoms with Gasteiger partial charge < -0.3 is 10.1 Å². The fourth-order valence-electron chi connectivity index (χ4n) is 1.61. The van der Waals surface area contributed by atoms with Crippen LogP contribution in [0.1, 0.15) is 24.7 Å². The minimum Gasteiger partial charge on any atom is -0.478 e. The zero-order valence-electron chi connectivity index (χ0n) is 11.3. The van der Waals surface area contributed by atoms with Gasteiger partial charge in [-0.05, 0) is 25.0 Å². The van der Waals surface area contributed by atoms with Gasteiger partial charge in [-0.2, -0.15) is 4.98 Å². The van der Waals surface area contributed by atoms with Crippen molar-refractivity contribution in [1.82, 2.24) is 15.0 Å². The molecule has 0 aliphatic heterocycles. The van der Waals surface area contributed by atoms with Crippen molar-refractivity contribution >= 4 is 5.82 Å². The quantitative estimate of drug-likeness (QED) is 0.863. The molecule has 2 heterocycles. The van der Waals surface area contributed by atoms with E-state index in [0.29, 0.717) is 24.9 Å². The van der Waals surface area contributed by atoms with Crippen molar-refractivity contribution in [3.05, 3.63) is 42.0 Å². The largest absolute Gasteiger partial charge is 0.478 e. The second-order valence-electron chi connectivity index (χ2n) is 4.20. The third-order valence-electron chi connectivity index (χ3n) is 2.46. The Hall–Kier alpha value is -2.17. The zero-order chi connectivity index (χ0) is 13.5. The highest BCUT2D eigenvalue weighted by Gasteiger charge is 2.02. The van der Waals surface area contributed by atoms with Crippen LogP contribution >= 0.6 is 0 Å². The molecule has 0 aliphatic rings. The molecule has 100 valence electrons. The number of nitrogens with one attached hydrogen (secondary N) is 1. The highest BCUT2D eigenvalue weighted by atomic mass is 16.5. The van der Waals surface area contributed by atoms with Gasteiger partial charge in [0.25, 0.3) is 0 Å². The summed E-state index contributed by atoms with van der Waals surface area (Å²) < 4.78 is 5.53. The smallest absolute Gasteiger partial charge is 0.218 e. The van der Waals surface area contributed by atoms with Crippen molar-refractivity contribution in [1.29, 1.82) is 0 Å². The van der Waals surface area contributed by atoms with Crippen molar-refractivity contribution in [2.75, 3.05) is 11.9 Å². The lowest BCUT2D eigenvalue weighted by Crippen LogP contribution is -2.05. The number of aromatic nitrogens is 3. The summed E-state index contributed by atoms with van der Waals surface area (Å²) in [7, 11) is 0. The molecular weight excluding hydrogens is 240 g/mol. The van der Waals surface area contributed by atoms with E-state index in [1.54, 1.807) is 6.20 Å². The van der Waals surface area contributed by atoms with Crippen LogP contribution in [0.5, 0.6) is 5.88 Å². The van der Waals surface area contributed by atoms with E-state index in [-0.39, 0.29) is 0 Å². The Bertz CT molecular complexity index is 516. The summed E-state index contributed by atoms with van der Waals surface area (Å²) in [5.74, 6) is 2.08. The maximum absolute atomic E-state index is 5.53. The summed E-state index contributed by atoms with van der Waals surface area (Å²) in [5, 5.41) is 3.25. The molecule has 1 N–H and O–H groups in total. The number of ether oxygens (including phenoxy) is 1. The predicted molar refractivity (Wildman–Crippen MR) is 74.1 cm³/mol. The SMILES string of the molecule is CCCOc1cc(NCc2cccnc2)nc(C)n1. The van der Waals surface area contributed by atoms with Crippen LogP contribution in [0.4, 0.5) is 5.82 Å². The Morgan fingerprint density at radius 1 is 1.32 bits per heavy atom. The molecule has 5 nitrogen and oxygen atoms in total. The number of nitrogens with zero attached hydrogens (tertiary/aromatic N) is 3. The highest BCUT2D eigenvalue weighted by molar-refractivity contribution is 5.39. The molecule has 0 unspecified atom stereocenters. The van der Waals surface area contributed by atoms with Crippen LogP contribution in [0.3, 0.4) is 0 Å². The lowest BCUT2D eigenvalue weighted by Gasteiger charge is -2.09. The first-order valence-corrected chi connectivity index (χ1v) is 6.39. The summed E-state index contributed by atoms with van der Waals surface area (Å²) in [6, 6.07) is 5.75. The summed E-state index contributed by atoms with van der Waals surface area (Å²) in [6.45, 7) is 5.26. The maximum Gasteiger partial charge on any atom is 0.218 e. The zero-order valence-corrected chi connectivity index (χ0v) is 11.3. The molecule has 0 aromatic carbocycles. The molecule has 0 amide bonds. The van der Waals surface area contributed by atoms with E-state index in [1.165, 1.54) is 0 Å². The first-order chi connectivity index (χ1) is 9.28. The number of hydrogen-bond acceptors (Lipinski definition) is 5. The van der Waals surface area contributed by atoms with Crippen molar-refractivity contribution in [2.45, 2.75) is 26.8 Å². The molecule has 0 saturated heterocycles. The van der Waals surface area contributed by atoms with Crippen LogP contribution in [-0.2, 0) is 6.54 Å². The number of pyridine rings is 1. The Morgan fingerprint density at radius 2 is 2.21 bits per heavy atom. The van der Waals surface area contributed by atoms with Gasteiger partial charge in [0, 0.05) is 25.0 Å². The van der Waals surface area contributed by atoms with E-state index in [4.69, 9.17) is 4.74 Å². The summed E-state index contributed by atoms with van der Waals surface area (Å²) in [4.78, 5) is 12.7. The van der Waals surface area contributed by atoms with Gasteiger partial charge in [0.15, 0.2) is 0 Å². The molecule has 0 saturated carbocycles. The van der Waals surface area contributed by atoms with Crippen LogP contribution < -0.4 is 10.1 Å². The molecule has 2 aromatic heterocycles. The molecule has 0 atom stereocenters. The molecule has 0 radical (unpaired) electrons. The molecule has 0 aliphatic carbocycles. The average Bonchev–Trinajstić information content (AvgIpc) is 2.43. The predicted octanol–water partition coefficient (Wildman–Crippen LogP) is 2.58. The number of aryl methyl sites for hydroxylation is 1. The monoisotopic (exact) mass is 258 g/mol. The fourth-order valence-corrected chi connectivity index (χ4v) is 1.61. The van der Waals surface area contributed by atoms with Gasteiger partial charge in [-0.1, -0.05) is 13.0 Å². The van der Waals surface area contributed by atoms with Gasteiger partial charge in [-0.3, -0.25) is 4.98 Å². The van der Waals surface area contributed by atoms with Crippen molar-refractivity contribution in [3.63, 3.8) is 0 Å². The van der Waals surface area contributed by atoms with Gasteiger partial charge in [-0.15, -0.1) is 0 Å². The van der Waals surface area contributed by atoms with Gasteiger partial charge in [0.05, 0.1) is 6.61 Å². The van der Waals surface area contributed by atoms with Crippen molar-refractivity contribution < 1.29 is 4.74 Å². The molecule has 19 heavy (non-hydrogen) atoms. The van der Waals surface area contributed by atoms with Crippen molar-refractivity contribution in [3.8, 4) is 5.88 Å². The first-order valence-electron chi connectivity index (χ1n) is 6.39. The Balaban J connectivity index is 2.01. The third kappa shape index (κ3) is 4.21. The first kappa shape index (κ1) is 13.3. The van der Waals surface area contributed by atoms with Crippen molar-refractivity contribution in [2.24, 2.45) is 0 Å². The Kier molecular flexibility index (Phi) is 4.66. The molecule has 0 fully saturated rings. The van der Waals surface area contributed by atoms with Gasteiger partial charge in [-0.25, -0.2) is 4.98 Å². The highest BCUT2D eigenvalue weighted by Crippen LogP contribution is 2.14. The molecule has 2 rings (SSSR count). The van der Waals surface area contributed by atoms with E-state index in [1.807, 2.05) is 31.3 Å². The summed E-state index contributed by atoms with van der Waals surface area (Å²) >= 11 is 0. The number of rotatable bonds is 6. The minimum absolute atomic E-state index is 0.614. The maximum atomic E-state index is 5.53. The van der Waals surface area contributed by atoms with Gasteiger partial charge in [0.2, 0.25) is 5.88 Å². The number of hydrogen-bond donors (Lipinski definition) is 1. The van der Waals surface area contributed by atoms with E-state index in [0.717, 1.165) is 17.8 Å². The van der Waals surface area contributed by atoms with Crippen LogP contribution in [0.25, 0.3) is 0 Å². The standard InChI is InChI=1S/C14H18N4O/c1-3-7-19-14-8-13(17-11(2)18-14)16-10-12-5-4-6-15-9-12/h4-6,8-9H,3,7,10H2,1-2H3,(H,16,17,18). The third-order valence-corrected chi connectivity index (χ3v) is 2.46. The topological polar surface area (TPSA) is 59.9 Å². The fraction of sp³-hybridized carbons (Fsp3) is 0.357.